The van der Waals surface area contributed by atoms with Crippen molar-refractivity contribution in [1.29, 1.82) is 0 Å². The number of carboxylic acids is 1. The Morgan fingerprint density at radius 3 is 2.95 bits per heavy atom. The Kier molecular flexibility index (Phi) is 3.53. The summed E-state index contributed by atoms with van der Waals surface area (Å²) in [6.45, 7) is 1.24. The molecule has 2 heterocycles. The second kappa shape index (κ2) is 5.32. The predicted octanol–water partition coefficient (Wildman–Crippen LogP) is 2.15. The van der Waals surface area contributed by atoms with Crippen LogP contribution < -0.4 is 4.74 Å². The molecule has 0 amide bonds. The smallest absolute Gasteiger partial charge is 0.320 e. The summed E-state index contributed by atoms with van der Waals surface area (Å²) in [5, 5.41) is 19.0. The van der Waals surface area contributed by atoms with Gasteiger partial charge in [0.1, 0.15) is 24.1 Å². The van der Waals surface area contributed by atoms with E-state index in [2.05, 4.69) is 4.90 Å². The van der Waals surface area contributed by atoms with E-state index in [4.69, 9.17) is 4.74 Å². The zero-order chi connectivity index (χ0) is 14.1. The molecular formula is C15H19NO4. The summed E-state index contributed by atoms with van der Waals surface area (Å²) in [7, 11) is 0. The van der Waals surface area contributed by atoms with Gasteiger partial charge in [0.2, 0.25) is 0 Å². The molecule has 0 radical (unpaired) electrons. The van der Waals surface area contributed by atoms with Gasteiger partial charge in [-0.15, -0.1) is 0 Å². The van der Waals surface area contributed by atoms with Crippen LogP contribution in [0, 0.1) is 0 Å². The number of nitrogens with zero attached hydrogens (tertiary/aromatic N) is 1. The average molecular weight is 277 g/mol. The van der Waals surface area contributed by atoms with Gasteiger partial charge in [0.25, 0.3) is 0 Å². The lowest BCUT2D eigenvalue weighted by Gasteiger charge is -2.31. The fourth-order valence-electron chi connectivity index (χ4n) is 3.23. The quantitative estimate of drug-likeness (QED) is 0.867. The summed E-state index contributed by atoms with van der Waals surface area (Å²) >= 11 is 0. The van der Waals surface area contributed by atoms with E-state index in [1.54, 1.807) is 12.1 Å². The van der Waals surface area contributed by atoms with Crippen molar-refractivity contribution in [1.82, 2.24) is 4.90 Å². The molecule has 0 bridgehead atoms. The Balaban J connectivity index is 1.90. The Hall–Kier alpha value is -1.75. The monoisotopic (exact) mass is 277 g/mol. The van der Waals surface area contributed by atoms with Crippen molar-refractivity contribution in [2.45, 2.75) is 37.8 Å². The molecule has 0 aliphatic carbocycles. The highest BCUT2D eigenvalue weighted by molar-refractivity contribution is 5.73. The largest absolute Gasteiger partial charge is 0.508 e. The van der Waals surface area contributed by atoms with E-state index in [-0.39, 0.29) is 11.8 Å². The van der Waals surface area contributed by atoms with Crippen molar-refractivity contribution in [2.75, 3.05) is 13.2 Å². The molecule has 20 heavy (non-hydrogen) atoms. The second-order valence-corrected chi connectivity index (χ2v) is 5.49. The van der Waals surface area contributed by atoms with Crippen LogP contribution in [-0.2, 0) is 4.79 Å². The van der Waals surface area contributed by atoms with Crippen molar-refractivity contribution in [3.05, 3.63) is 23.8 Å². The topological polar surface area (TPSA) is 70.0 Å². The first-order chi connectivity index (χ1) is 9.66. The van der Waals surface area contributed by atoms with Crippen molar-refractivity contribution in [3.8, 4) is 11.5 Å². The molecule has 1 aromatic rings. The summed E-state index contributed by atoms with van der Waals surface area (Å²) in [5.41, 5.74) is 0.982. The Labute approximate surface area is 117 Å². The minimum absolute atomic E-state index is 0.0233. The number of carboxylic acid groups (broad SMARTS) is 1. The summed E-state index contributed by atoms with van der Waals surface area (Å²) in [5.74, 6) is 0.0950. The third-order valence-electron chi connectivity index (χ3n) is 4.23. The van der Waals surface area contributed by atoms with Gasteiger partial charge in [0, 0.05) is 11.6 Å². The highest BCUT2D eigenvalue weighted by atomic mass is 16.5. The maximum atomic E-state index is 11.5. The number of rotatable bonds is 2. The molecule has 1 fully saturated rings. The van der Waals surface area contributed by atoms with Crippen LogP contribution in [0.25, 0.3) is 0 Å². The van der Waals surface area contributed by atoms with Gasteiger partial charge < -0.3 is 14.9 Å². The molecule has 5 nitrogen and oxygen atoms in total. The van der Waals surface area contributed by atoms with Gasteiger partial charge in [-0.05, 0) is 31.5 Å². The number of phenolic OH excluding ortho intramolecular Hbond substituents is 1. The third-order valence-corrected chi connectivity index (χ3v) is 4.23. The van der Waals surface area contributed by atoms with E-state index in [0.29, 0.717) is 18.8 Å². The normalized spacial score (nSPS) is 26.6. The lowest BCUT2D eigenvalue weighted by Crippen LogP contribution is -2.43. The van der Waals surface area contributed by atoms with E-state index < -0.39 is 12.0 Å². The van der Waals surface area contributed by atoms with Crippen LogP contribution in [0.4, 0.5) is 0 Å². The molecule has 0 aromatic heterocycles. The summed E-state index contributed by atoms with van der Waals surface area (Å²) in [6.07, 6.45) is 3.76. The fourth-order valence-corrected chi connectivity index (χ4v) is 3.23. The first-order valence-corrected chi connectivity index (χ1v) is 7.11. The second-order valence-electron chi connectivity index (χ2n) is 5.49. The van der Waals surface area contributed by atoms with Crippen molar-refractivity contribution in [2.24, 2.45) is 0 Å². The lowest BCUT2D eigenvalue weighted by molar-refractivity contribution is -0.144. The number of phenols is 1. The molecule has 2 aliphatic rings. The standard InChI is InChI=1S/C15H19NO4/c17-10-5-6-11-13(9-20-14(11)8-10)16-7-3-1-2-4-12(16)15(18)19/h5-6,8,12-13,17H,1-4,7,9H2,(H,18,19). The number of hydrogen-bond acceptors (Lipinski definition) is 4. The highest BCUT2D eigenvalue weighted by Crippen LogP contribution is 2.40. The van der Waals surface area contributed by atoms with Gasteiger partial charge >= 0.3 is 5.97 Å². The maximum Gasteiger partial charge on any atom is 0.320 e. The van der Waals surface area contributed by atoms with Gasteiger partial charge in [0.15, 0.2) is 0 Å². The van der Waals surface area contributed by atoms with Crippen LogP contribution in [0.3, 0.4) is 0 Å². The third kappa shape index (κ3) is 2.33. The zero-order valence-corrected chi connectivity index (χ0v) is 11.3. The van der Waals surface area contributed by atoms with E-state index in [0.717, 1.165) is 31.4 Å². The molecule has 0 saturated carbocycles. The van der Waals surface area contributed by atoms with Crippen LogP contribution in [0.5, 0.6) is 11.5 Å². The summed E-state index contributed by atoms with van der Waals surface area (Å²) in [4.78, 5) is 13.6. The maximum absolute atomic E-state index is 11.5. The summed E-state index contributed by atoms with van der Waals surface area (Å²) in [6, 6.07) is 4.61. The highest BCUT2D eigenvalue weighted by Gasteiger charge is 2.37. The summed E-state index contributed by atoms with van der Waals surface area (Å²) < 4.78 is 5.62. The Bertz CT molecular complexity index is 517. The van der Waals surface area contributed by atoms with Crippen LogP contribution in [-0.4, -0.2) is 40.3 Å². The van der Waals surface area contributed by atoms with Crippen LogP contribution in [0.1, 0.15) is 37.3 Å². The molecule has 5 heteroatoms. The van der Waals surface area contributed by atoms with Crippen LogP contribution in [0.2, 0.25) is 0 Å². The molecule has 1 aromatic carbocycles. The Morgan fingerprint density at radius 2 is 2.15 bits per heavy atom. The minimum atomic E-state index is -0.751. The number of aromatic hydroxyl groups is 1. The van der Waals surface area contributed by atoms with Gasteiger partial charge in [0.05, 0.1) is 6.04 Å². The number of ether oxygens (including phenoxy) is 1. The van der Waals surface area contributed by atoms with E-state index >= 15 is 0 Å². The average Bonchev–Trinajstić information content (AvgIpc) is 2.67. The number of benzene rings is 1. The molecule has 1 saturated heterocycles. The first-order valence-electron chi connectivity index (χ1n) is 7.11. The number of likely N-dealkylation sites (tertiary alicyclic amines) is 1. The molecule has 2 aliphatic heterocycles. The predicted molar refractivity (Wildman–Crippen MR) is 72.9 cm³/mol. The minimum Gasteiger partial charge on any atom is -0.508 e. The van der Waals surface area contributed by atoms with Gasteiger partial charge in [-0.2, -0.15) is 0 Å². The van der Waals surface area contributed by atoms with E-state index in [1.807, 2.05) is 6.07 Å². The molecular weight excluding hydrogens is 258 g/mol. The Morgan fingerprint density at radius 1 is 1.30 bits per heavy atom. The molecule has 3 rings (SSSR count). The first kappa shape index (κ1) is 13.2. The number of carbonyl (C=O) groups is 1. The molecule has 108 valence electrons. The molecule has 2 N–H and O–H groups in total. The fraction of sp³-hybridized carbons (Fsp3) is 0.533. The lowest BCUT2D eigenvalue weighted by atomic mass is 10.0. The van der Waals surface area contributed by atoms with Crippen molar-refractivity contribution >= 4 is 5.97 Å². The van der Waals surface area contributed by atoms with Gasteiger partial charge in [-0.3, -0.25) is 9.69 Å². The van der Waals surface area contributed by atoms with Gasteiger partial charge in [-0.25, -0.2) is 0 Å². The van der Waals surface area contributed by atoms with Crippen LogP contribution in [0.15, 0.2) is 18.2 Å². The van der Waals surface area contributed by atoms with Gasteiger partial charge in [-0.1, -0.05) is 12.8 Å². The molecule has 2 atom stereocenters. The van der Waals surface area contributed by atoms with Crippen LogP contribution >= 0.6 is 0 Å². The zero-order valence-electron chi connectivity index (χ0n) is 11.3. The van der Waals surface area contributed by atoms with Crippen molar-refractivity contribution < 1.29 is 19.7 Å². The van der Waals surface area contributed by atoms with Crippen molar-refractivity contribution in [3.63, 3.8) is 0 Å². The number of aliphatic carboxylic acids is 1. The van der Waals surface area contributed by atoms with E-state index in [9.17, 15) is 15.0 Å². The SMILES string of the molecule is O=C(O)C1CCCCCN1C1COc2cc(O)ccc21. The van der Waals surface area contributed by atoms with E-state index in [1.165, 1.54) is 0 Å². The number of hydrogen-bond donors (Lipinski definition) is 2. The molecule has 0 spiro atoms. The number of fused-ring (bicyclic) bond motifs is 1. The molecule has 2 unspecified atom stereocenters.